The molecule has 2 aromatic heterocycles. The topological polar surface area (TPSA) is 109 Å². The molecule has 0 amide bonds. The molecule has 1 N–H and O–H groups in total. The Labute approximate surface area is 181 Å². The first-order valence-electron chi connectivity index (χ1n) is 10.4. The number of hydrogen-bond acceptors (Lipinski definition) is 7. The zero-order valence-corrected chi connectivity index (χ0v) is 17.7. The molecule has 2 aliphatic rings. The maximum Gasteiger partial charge on any atom is 0.519 e. The van der Waals surface area contributed by atoms with Crippen molar-refractivity contribution in [2.24, 2.45) is 0 Å². The first kappa shape index (κ1) is 20.5. The summed E-state index contributed by atoms with van der Waals surface area (Å²) in [5.74, 6) is -1.61. The standard InChI is InChI=1S/C22H22FN3O6/c1-11-7-17-19(21(28)29)20(27)13-8-14(23)16(9-15(13)26(11)17)25-5-3-24(4-6-25)10-18-12(2)31-22(30)32-18/h8-9,11H,3-7,10H2,1-2H3,(H,28,29). The summed E-state index contributed by atoms with van der Waals surface area (Å²) < 4.78 is 26.8. The van der Waals surface area contributed by atoms with E-state index in [-0.39, 0.29) is 17.0 Å². The second kappa shape index (κ2) is 7.33. The largest absolute Gasteiger partial charge is 0.519 e. The monoisotopic (exact) mass is 443 g/mol. The van der Waals surface area contributed by atoms with Crippen LogP contribution in [0.25, 0.3) is 10.9 Å². The molecular weight excluding hydrogens is 421 g/mol. The van der Waals surface area contributed by atoms with Gasteiger partial charge in [-0.25, -0.2) is 14.0 Å². The van der Waals surface area contributed by atoms with Gasteiger partial charge in [-0.3, -0.25) is 9.69 Å². The van der Waals surface area contributed by atoms with Gasteiger partial charge >= 0.3 is 11.8 Å². The highest BCUT2D eigenvalue weighted by Gasteiger charge is 2.32. The number of carboxylic acid groups (broad SMARTS) is 1. The van der Waals surface area contributed by atoms with E-state index in [4.69, 9.17) is 8.83 Å². The molecule has 1 saturated heterocycles. The van der Waals surface area contributed by atoms with Gasteiger partial charge in [0.05, 0.1) is 17.7 Å². The van der Waals surface area contributed by atoms with E-state index in [0.29, 0.717) is 67.6 Å². The van der Waals surface area contributed by atoms with Crippen LogP contribution in [-0.4, -0.2) is 46.7 Å². The Morgan fingerprint density at radius 1 is 1.19 bits per heavy atom. The maximum absolute atomic E-state index is 15.1. The lowest BCUT2D eigenvalue weighted by molar-refractivity contribution is 0.0691. The van der Waals surface area contributed by atoms with Gasteiger partial charge in [-0.1, -0.05) is 0 Å². The van der Waals surface area contributed by atoms with Crippen molar-refractivity contribution in [2.75, 3.05) is 31.1 Å². The number of fused-ring (bicyclic) bond motifs is 3. The number of halogens is 1. The number of carboxylic acids is 1. The molecule has 168 valence electrons. The van der Waals surface area contributed by atoms with Crippen molar-refractivity contribution in [1.29, 1.82) is 0 Å². The van der Waals surface area contributed by atoms with E-state index in [1.807, 2.05) is 16.4 Å². The summed E-state index contributed by atoms with van der Waals surface area (Å²) in [5, 5.41) is 9.56. The summed E-state index contributed by atoms with van der Waals surface area (Å²) in [7, 11) is 0. The fourth-order valence-corrected chi connectivity index (χ4v) is 4.76. The highest BCUT2D eigenvalue weighted by Crippen LogP contribution is 2.35. The number of benzene rings is 1. The van der Waals surface area contributed by atoms with Crippen LogP contribution in [0.4, 0.5) is 10.1 Å². The van der Waals surface area contributed by atoms with Gasteiger partial charge in [0.2, 0.25) is 5.43 Å². The lowest BCUT2D eigenvalue weighted by Gasteiger charge is -2.37. The van der Waals surface area contributed by atoms with Crippen LogP contribution in [0.15, 0.2) is 30.6 Å². The van der Waals surface area contributed by atoms with E-state index < -0.39 is 23.0 Å². The SMILES string of the molecule is Cc1oc(=O)oc1CN1CCN(c2cc3c(cc2F)c(=O)c(C(=O)O)c2n3C(C)C2)CC1. The smallest absolute Gasteiger partial charge is 0.477 e. The minimum absolute atomic E-state index is 0.0363. The Hall–Kier alpha value is -3.40. The summed E-state index contributed by atoms with van der Waals surface area (Å²) in [6, 6.07) is 2.86. The highest BCUT2D eigenvalue weighted by atomic mass is 19.1. The number of hydrogen-bond donors (Lipinski definition) is 1. The normalized spacial score (nSPS) is 18.6. The van der Waals surface area contributed by atoms with Gasteiger partial charge < -0.3 is 23.4 Å². The quantitative estimate of drug-likeness (QED) is 0.653. The van der Waals surface area contributed by atoms with E-state index in [9.17, 15) is 19.5 Å². The summed E-state index contributed by atoms with van der Waals surface area (Å²) in [4.78, 5) is 39.6. The number of rotatable bonds is 4. The van der Waals surface area contributed by atoms with Gasteiger partial charge in [0.1, 0.15) is 17.1 Å². The van der Waals surface area contributed by atoms with Crippen LogP contribution in [-0.2, 0) is 13.0 Å². The molecule has 9 nitrogen and oxygen atoms in total. The summed E-state index contributed by atoms with van der Waals surface area (Å²) in [6.07, 6.45) is 0.502. The Balaban J connectivity index is 1.44. The summed E-state index contributed by atoms with van der Waals surface area (Å²) in [6.45, 7) is 6.39. The van der Waals surface area contributed by atoms with E-state index in [1.54, 1.807) is 13.0 Å². The van der Waals surface area contributed by atoms with E-state index in [1.165, 1.54) is 0 Å². The predicted molar refractivity (Wildman–Crippen MR) is 113 cm³/mol. The van der Waals surface area contributed by atoms with Gasteiger partial charge in [0.15, 0.2) is 5.76 Å². The van der Waals surface area contributed by atoms with Crippen LogP contribution in [0, 0.1) is 12.7 Å². The third-order valence-electron chi connectivity index (χ3n) is 6.43. The molecule has 5 rings (SSSR count). The fraction of sp³-hybridized carbons (Fsp3) is 0.409. The van der Waals surface area contributed by atoms with Crippen LogP contribution in [0.3, 0.4) is 0 Å². The van der Waals surface area contributed by atoms with Crippen molar-refractivity contribution in [3.8, 4) is 0 Å². The molecule has 4 heterocycles. The number of aromatic nitrogens is 1. The minimum Gasteiger partial charge on any atom is -0.477 e. The minimum atomic E-state index is -1.28. The molecule has 1 atom stereocenters. The van der Waals surface area contributed by atoms with Crippen LogP contribution >= 0.6 is 0 Å². The first-order chi connectivity index (χ1) is 15.2. The molecule has 1 fully saturated rings. The lowest BCUT2D eigenvalue weighted by atomic mass is 9.94. The van der Waals surface area contributed by atoms with Crippen LogP contribution < -0.4 is 16.2 Å². The molecule has 1 aromatic carbocycles. The van der Waals surface area contributed by atoms with Crippen molar-refractivity contribution < 1.29 is 23.1 Å². The second-order valence-electron chi connectivity index (χ2n) is 8.40. The van der Waals surface area contributed by atoms with Gasteiger partial charge in [0, 0.05) is 49.7 Å². The van der Waals surface area contributed by atoms with Crippen molar-refractivity contribution >= 4 is 22.6 Å². The summed E-state index contributed by atoms with van der Waals surface area (Å²) >= 11 is 0. The van der Waals surface area contributed by atoms with Gasteiger partial charge in [-0.2, -0.15) is 0 Å². The molecule has 32 heavy (non-hydrogen) atoms. The van der Waals surface area contributed by atoms with Gasteiger partial charge in [-0.15, -0.1) is 0 Å². The Bertz CT molecular complexity index is 1360. The average molecular weight is 443 g/mol. The number of anilines is 1. The number of aromatic carboxylic acids is 1. The number of pyridine rings is 1. The predicted octanol–water partition coefficient (Wildman–Crippen LogP) is 2.13. The third kappa shape index (κ3) is 3.13. The lowest BCUT2D eigenvalue weighted by Crippen LogP contribution is -2.46. The summed E-state index contributed by atoms with van der Waals surface area (Å²) in [5.41, 5.74) is 0.528. The first-order valence-corrected chi connectivity index (χ1v) is 10.4. The Morgan fingerprint density at radius 3 is 2.50 bits per heavy atom. The van der Waals surface area contributed by atoms with Crippen molar-refractivity contribution in [3.63, 3.8) is 0 Å². The van der Waals surface area contributed by atoms with E-state index in [2.05, 4.69) is 4.90 Å². The van der Waals surface area contributed by atoms with Crippen LogP contribution in [0.5, 0.6) is 0 Å². The third-order valence-corrected chi connectivity index (χ3v) is 6.43. The second-order valence-corrected chi connectivity index (χ2v) is 8.40. The molecule has 0 aliphatic carbocycles. The molecule has 0 bridgehead atoms. The molecule has 10 heteroatoms. The number of carbonyl (C=O) groups is 1. The zero-order valence-electron chi connectivity index (χ0n) is 17.7. The highest BCUT2D eigenvalue weighted by molar-refractivity contribution is 5.95. The van der Waals surface area contributed by atoms with Crippen LogP contribution in [0.2, 0.25) is 0 Å². The number of piperazine rings is 1. The molecular formula is C22H22FN3O6. The molecule has 2 aliphatic heterocycles. The van der Waals surface area contributed by atoms with Crippen molar-refractivity contribution in [2.45, 2.75) is 32.9 Å². The molecule has 0 radical (unpaired) electrons. The molecule has 0 saturated carbocycles. The fourth-order valence-electron chi connectivity index (χ4n) is 4.76. The van der Waals surface area contributed by atoms with E-state index in [0.717, 1.165) is 6.07 Å². The van der Waals surface area contributed by atoms with Gasteiger partial charge in [-0.05, 0) is 26.0 Å². The Kier molecular flexibility index (Phi) is 4.70. The zero-order chi connectivity index (χ0) is 22.7. The number of aryl methyl sites for hydroxylation is 1. The molecule has 3 aromatic rings. The Morgan fingerprint density at radius 2 is 1.91 bits per heavy atom. The molecule has 0 spiro atoms. The van der Waals surface area contributed by atoms with Crippen molar-refractivity contribution in [3.05, 3.63) is 61.6 Å². The number of nitrogens with zero attached hydrogens (tertiary/aromatic N) is 3. The van der Waals surface area contributed by atoms with E-state index >= 15 is 4.39 Å². The molecule has 1 unspecified atom stereocenters. The maximum atomic E-state index is 15.1. The average Bonchev–Trinajstić information content (AvgIpc) is 3.05. The van der Waals surface area contributed by atoms with Gasteiger partial charge in [0.25, 0.3) is 0 Å². The van der Waals surface area contributed by atoms with Crippen molar-refractivity contribution in [1.82, 2.24) is 9.47 Å². The van der Waals surface area contributed by atoms with Crippen LogP contribution in [0.1, 0.15) is 40.5 Å².